The molecule has 2 heteroatoms. The van der Waals surface area contributed by atoms with E-state index in [2.05, 4.69) is 37.9 Å². The molecule has 1 unspecified atom stereocenters. The van der Waals surface area contributed by atoms with Crippen molar-refractivity contribution in [3.05, 3.63) is 0 Å². The molecule has 1 aliphatic carbocycles. The van der Waals surface area contributed by atoms with Crippen molar-refractivity contribution in [1.82, 2.24) is 10.2 Å². The first kappa shape index (κ1) is 16.3. The highest BCUT2D eigenvalue weighted by atomic mass is 15.1. The van der Waals surface area contributed by atoms with E-state index < -0.39 is 0 Å². The summed E-state index contributed by atoms with van der Waals surface area (Å²) in [4.78, 5) is 2.59. The van der Waals surface area contributed by atoms with Gasteiger partial charge in [0.15, 0.2) is 0 Å². The second-order valence-electron chi connectivity index (χ2n) is 7.85. The largest absolute Gasteiger partial charge is 0.314 e. The number of likely N-dealkylation sites (tertiary alicyclic amines) is 1. The van der Waals surface area contributed by atoms with Crippen molar-refractivity contribution in [3.63, 3.8) is 0 Å². The molecule has 1 atom stereocenters. The lowest BCUT2D eigenvalue weighted by atomic mass is 9.69. The maximum atomic E-state index is 3.87. The molecule has 0 aromatic heterocycles. The molecule has 0 radical (unpaired) electrons. The van der Waals surface area contributed by atoms with Crippen LogP contribution in [0.25, 0.3) is 0 Å². The molecule has 118 valence electrons. The average Bonchev–Trinajstić information content (AvgIpc) is 2.93. The van der Waals surface area contributed by atoms with Crippen molar-refractivity contribution < 1.29 is 0 Å². The average molecular weight is 280 g/mol. The van der Waals surface area contributed by atoms with Crippen LogP contribution in [0.15, 0.2) is 0 Å². The molecule has 20 heavy (non-hydrogen) atoms. The van der Waals surface area contributed by atoms with Gasteiger partial charge in [0.05, 0.1) is 0 Å². The summed E-state index contributed by atoms with van der Waals surface area (Å²) < 4.78 is 0. The van der Waals surface area contributed by atoms with E-state index in [1.54, 1.807) is 0 Å². The minimum atomic E-state index is 0.554. The molecule has 0 spiro atoms. The molecule has 0 aromatic carbocycles. The van der Waals surface area contributed by atoms with Crippen LogP contribution in [0.1, 0.15) is 66.2 Å². The first-order chi connectivity index (χ1) is 9.55. The predicted molar refractivity (Wildman–Crippen MR) is 88.0 cm³/mol. The van der Waals surface area contributed by atoms with Crippen LogP contribution in [0.3, 0.4) is 0 Å². The molecule has 2 fully saturated rings. The van der Waals surface area contributed by atoms with E-state index in [1.807, 2.05) is 0 Å². The molecular formula is C18H36N2. The van der Waals surface area contributed by atoms with Crippen LogP contribution in [-0.4, -0.2) is 37.1 Å². The zero-order valence-corrected chi connectivity index (χ0v) is 14.3. The normalized spacial score (nSPS) is 32.7. The fourth-order valence-electron chi connectivity index (χ4n) is 4.07. The minimum Gasteiger partial charge on any atom is -0.314 e. The summed E-state index contributed by atoms with van der Waals surface area (Å²) in [5.41, 5.74) is 0.554. The predicted octanol–water partition coefficient (Wildman–Crippen LogP) is 3.91. The van der Waals surface area contributed by atoms with Gasteiger partial charge in [0.2, 0.25) is 0 Å². The Morgan fingerprint density at radius 1 is 1.05 bits per heavy atom. The van der Waals surface area contributed by atoms with E-state index in [0.717, 1.165) is 17.9 Å². The summed E-state index contributed by atoms with van der Waals surface area (Å²) in [7, 11) is 0. The number of nitrogens with zero attached hydrogens (tertiary/aromatic N) is 1. The zero-order valence-electron chi connectivity index (χ0n) is 14.3. The van der Waals surface area contributed by atoms with Crippen LogP contribution < -0.4 is 5.32 Å². The lowest BCUT2D eigenvalue weighted by Gasteiger charge is -2.39. The molecule has 1 aliphatic heterocycles. The van der Waals surface area contributed by atoms with Crippen molar-refractivity contribution in [1.29, 1.82) is 0 Å². The van der Waals surface area contributed by atoms with Crippen molar-refractivity contribution in [2.45, 2.75) is 72.3 Å². The Morgan fingerprint density at radius 2 is 1.75 bits per heavy atom. The molecule has 2 aliphatic rings. The smallest absolute Gasteiger partial charge is 0.00673 e. The third kappa shape index (κ3) is 4.21. The molecule has 1 saturated carbocycles. The van der Waals surface area contributed by atoms with Crippen molar-refractivity contribution in [3.8, 4) is 0 Å². The van der Waals surface area contributed by atoms with Crippen LogP contribution in [-0.2, 0) is 0 Å². The topological polar surface area (TPSA) is 15.3 Å². The quantitative estimate of drug-likeness (QED) is 0.793. The lowest BCUT2D eigenvalue weighted by molar-refractivity contribution is 0.136. The van der Waals surface area contributed by atoms with Gasteiger partial charge < -0.3 is 10.2 Å². The van der Waals surface area contributed by atoms with Crippen molar-refractivity contribution >= 4 is 0 Å². The number of rotatable bonds is 6. The lowest BCUT2D eigenvalue weighted by Crippen LogP contribution is -2.39. The molecular weight excluding hydrogens is 244 g/mol. The van der Waals surface area contributed by atoms with Gasteiger partial charge in [-0.05, 0) is 69.0 Å². The SMILES string of the molecule is CCN1CCC(CNC2CCC(C(C)(C)CC)CC2)C1. The third-order valence-corrected chi connectivity index (χ3v) is 6.26. The Kier molecular flexibility index (Phi) is 5.92. The van der Waals surface area contributed by atoms with Crippen LogP contribution in [0.4, 0.5) is 0 Å². The van der Waals surface area contributed by atoms with Gasteiger partial charge in [-0.2, -0.15) is 0 Å². The van der Waals surface area contributed by atoms with E-state index in [9.17, 15) is 0 Å². The van der Waals surface area contributed by atoms with Gasteiger partial charge in [-0.15, -0.1) is 0 Å². The second kappa shape index (κ2) is 7.26. The zero-order chi connectivity index (χ0) is 14.6. The van der Waals surface area contributed by atoms with E-state index in [4.69, 9.17) is 0 Å². The van der Waals surface area contributed by atoms with Crippen LogP contribution in [0.5, 0.6) is 0 Å². The van der Waals surface area contributed by atoms with Crippen LogP contribution in [0, 0.1) is 17.3 Å². The van der Waals surface area contributed by atoms with Gasteiger partial charge in [-0.3, -0.25) is 0 Å². The van der Waals surface area contributed by atoms with Crippen LogP contribution in [0.2, 0.25) is 0 Å². The van der Waals surface area contributed by atoms with Gasteiger partial charge in [-0.25, -0.2) is 0 Å². The van der Waals surface area contributed by atoms with Crippen molar-refractivity contribution in [2.24, 2.45) is 17.3 Å². The fourth-order valence-corrected chi connectivity index (χ4v) is 4.07. The molecule has 0 bridgehead atoms. The fraction of sp³-hybridized carbons (Fsp3) is 1.00. The third-order valence-electron chi connectivity index (χ3n) is 6.26. The summed E-state index contributed by atoms with van der Waals surface area (Å²) in [5, 5.41) is 3.87. The monoisotopic (exact) mass is 280 g/mol. The summed E-state index contributed by atoms with van der Waals surface area (Å²) in [6.07, 6.45) is 8.40. The maximum absolute atomic E-state index is 3.87. The Balaban J connectivity index is 1.65. The van der Waals surface area contributed by atoms with Crippen molar-refractivity contribution in [2.75, 3.05) is 26.2 Å². The molecule has 0 aromatic rings. The van der Waals surface area contributed by atoms with Crippen LogP contribution >= 0.6 is 0 Å². The number of hydrogen-bond acceptors (Lipinski definition) is 2. The molecule has 2 rings (SSSR count). The molecule has 1 N–H and O–H groups in total. The second-order valence-corrected chi connectivity index (χ2v) is 7.85. The summed E-state index contributed by atoms with van der Waals surface area (Å²) in [6, 6.07) is 0.801. The van der Waals surface area contributed by atoms with Gasteiger partial charge >= 0.3 is 0 Å². The number of nitrogens with one attached hydrogen (secondary N) is 1. The highest BCUT2D eigenvalue weighted by Gasteiger charge is 2.32. The first-order valence-corrected chi connectivity index (χ1v) is 9.01. The van der Waals surface area contributed by atoms with E-state index in [0.29, 0.717) is 5.41 Å². The Morgan fingerprint density at radius 3 is 2.30 bits per heavy atom. The standard InChI is InChI=1S/C18H36N2/c1-5-18(3,4)16-7-9-17(10-8-16)19-13-15-11-12-20(6-2)14-15/h15-17,19H,5-14H2,1-4H3. The molecule has 1 saturated heterocycles. The summed E-state index contributed by atoms with van der Waals surface area (Å²) >= 11 is 0. The number of hydrogen-bond donors (Lipinski definition) is 1. The Labute approximate surface area is 126 Å². The maximum Gasteiger partial charge on any atom is 0.00673 e. The Bertz CT molecular complexity index is 279. The minimum absolute atomic E-state index is 0.554. The van der Waals surface area contributed by atoms with Gasteiger partial charge in [0.1, 0.15) is 0 Å². The highest BCUT2D eigenvalue weighted by Crippen LogP contribution is 2.40. The Hall–Kier alpha value is -0.0800. The van der Waals surface area contributed by atoms with E-state index in [-0.39, 0.29) is 0 Å². The first-order valence-electron chi connectivity index (χ1n) is 9.01. The molecule has 0 amide bonds. The van der Waals surface area contributed by atoms with E-state index in [1.165, 1.54) is 64.7 Å². The molecule has 1 heterocycles. The highest BCUT2D eigenvalue weighted by molar-refractivity contribution is 4.86. The van der Waals surface area contributed by atoms with Gasteiger partial charge in [-0.1, -0.05) is 34.1 Å². The van der Waals surface area contributed by atoms with E-state index >= 15 is 0 Å². The molecule has 2 nitrogen and oxygen atoms in total. The summed E-state index contributed by atoms with van der Waals surface area (Å²) in [5.74, 6) is 1.85. The van der Waals surface area contributed by atoms with Gasteiger partial charge in [0.25, 0.3) is 0 Å². The van der Waals surface area contributed by atoms with Gasteiger partial charge in [0, 0.05) is 12.6 Å². The summed E-state index contributed by atoms with van der Waals surface area (Å²) in [6.45, 7) is 14.7.